The van der Waals surface area contributed by atoms with Gasteiger partial charge in [0.25, 0.3) is 0 Å². The van der Waals surface area contributed by atoms with Crippen LogP contribution in [-0.2, 0) is 24.7 Å². The summed E-state index contributed by atoms with van der Waals surface area (Å²) in [6.07, 6.45) is 3.60. The van der Waals surface area contributed by atoms with Gasteiger partial charge in [-0.1, -0.05) is 24.3 Å². The van der Waals surface area contributed by atoms with E-state index < -0.39 is 58.9 Å². The number of nitrogens with two attached hydrogens (primary N) is 1. The summed E-state index contributed by atoms with van der Waals surface area (Å²) in [5, 5.41) is 22.2. The van der Waals surface area contributed by atoms with Crippen LogP contribution in [-0.4, -0.2) is 34.3 Å². The Hall–Kier alpha value is -3.98. The van der Waals surface area contributed by atoms with E-state index in [0.717, 1.165) is 5.56 Å². The standard InChI is InChI=1S/C27H28N2O7/c1-27(2,28)14-3-7-16(8-4-14)36-17-9-5-15(6-10-17)29-24(31)22-19-12-11-18(23(22)26(34)35)20(13-30)21(19)25(32)33/h3-13,18-23H,28H2,1-2H3,(H,29,31)(H,32,33)(H,34,35). The highest BCUT2D eigenvalue weighted by atomic mass is 16.5. The van der Waals surface area contributed by atoms with Gasteiger partial charge in [-0.2, -0.15) is 0 Å². The number of carboxylic acids is 2. The van der Waals surface area contributed by atoms with Crippen LogP contribution in [0.3, 0.4) is 0 Å². The molecular formula is C27H28N2O7. The van der Waals surface area contributed by atoms with Gasteiger partial charge in [-0.3, -0.25) is 14.4 Å². The number of carbonyl (C=O) groups is 4. The minimum atomic E-state index is -1.24. The van der Waals surface area contributed by atoms with Crippen LogP contribution in [0.15, 0.2) is 60.7 Å². The van der Waals surface area contributed by atoms with Gasteiger partial charge >= 0.3 is 11.9 Å². The molecule has 0 aromatic heterocycles. The number of aliphatic carboxylic acids is 2. The Morgan fingerprint density at radius 1 is 0.861 bits per heavy atom. The van der Waals surface area contributed by atoms with Gasteiger partial charge < -0.3 is 30.8 Å². The van der Waals surface area contributed by atoms with E-state index in [-0.39, 0.29) is 0 Å². The molecule has 6 atom stereocenters. The summed E-state index contributed by atoms with van der Waals surface area (Å²) in [6, 6.07) is 13.9. The summed E-state index contributed by atoms with van der Waals surface area (Å²) in [5.41, 5.74) is 6.99. The van der Waals surface area contributed by atoms with E-state index in [0.29, 0.717) is 23.5 Å². The number of nitrogens with one attached hydrogen (secondary N) is 1. The molecule has 188 valence electrons. The van der Waals surface area contributed by atoms with Crippen LogP contribution in [0.4, 0.5) is 5.69 Å². The number of carbonyl (C=O) groups excluding carboxylic acids is 2. The largest absolute Gasteiger partial charge is 0.481 e. The lowest BCUT2D eigenvalue weighted by atomic mass is 9.53. The first-order valence-electron chi connectivity index (χ1n) is 11.6. The molecule has 5 N–H and O–H groups in total. The Morgan fingerprint density at radius 2 is 1.39 bits per heavy atom. The minimum Gasteiger partial charge on any atom is -0.481 e. The molecule has 0 spiro atoms. The Kier molecular flexibility index (Phi) is 6.69. The first-order chi connectivity index (χ1) is 17.0. The number of aldehydes is 1. The predicted octanol–water partition coefficient (Wildman–Crippen LogP) is 3.26. The van der Waals surface area contributed by atoms with E-state index in [1.165, 1.54) is 0 Å². The quantitative estimate of drug-likeness (QED) is 0.323. The number of ether oxygens (including phenoxy) is 1. The minimum absolute atomic E-state index is 0.404. The molecule has 1 saturated carbocycles. The van der Waals surface area contributed by atoms with Crippen LogP contribution in [0.25, 0.3) is 0 Å². The third kappa shape index (κ3) is 4.74. The van der Waals surface area contributed by atoms with Gasteiger partial charge in [0.1, 0.15) is 17.8 Å². The average Bonchev–Trinajstić information content (AvgIpc) is 2.83. The molecule has 2 aromatic rings. The highest BCUT2D eigenvalue weighted by Crippen LogP contribution is 2.51. The molecule has 0 heterocycles. The van der Waals surface area contributed by atoms with Crippen LogP contribution < -0.4 is 15.8 Å². The molecule has 0 radical (unpaired) electrons. The predicted molar refractivity (Wildman–Crippen MR) is 130 cm³/mol. The van der Waals surface area contributed by atoms with Crippen LogP contribution in [0, 0.1) is 35.5 Å². The van der Waals surface area contributed by atoms with Crippen molar-refractivity contribution in [1.82, 2.24) is 0 Å². The number of amides is 1. The van der Waals surface area contributed by atoms with Crippen molar-refractivity contribution in [3.63, 3.8) is 0 Å². The van der Waals surface area contributed by atoms with Gasteiger partial charge in [0.15, 0.2) is 0 Å². The SMILES string of the molecule is CC(C)(N)c1ccc(Oc2ccc(NC(=O)C3C4C=CC(C(C=O)C4C(=O)O)C3C(=O)O)cc2)cc1. The van der Waals surface area contributed by atoms with Crippen LogP contribution in [0.1, 0.15) is 19.4 Å². The molecule has 3 aliphatic rings. The monoisotopic (exact) mass is 492 g/mol. The first-order valence-corrected chi connectivity index (χ1v) is 11.6. The first kappa shape index (κ1) is 25.1. The lowest BCUT2D eigenvalue weighted by molar-refractivity contribution is -0.165. The molecule has 0 aliphatic heterocycles. The van der Waals surface area contributed by atoms with Gasteiger partial charge in [0.05, 0.1) is 17.8 Å². The fraction of sp³-hybridized carbons (Fsp3) is 0.333. The Labute approximate surface area is 207 Å². The summed E-state index contributed by atoms with van der Waals surface area (Å²) in [4.78, 5) is 48.7. The van der Waals surface area contributed by atoms with E-state index in [2.05, 4.69) is 5.32 Å². The second-order valence-corrected chi connectivity index (χ2v) is 9.87. The zero-order valence-electron chi connectivity index (χ0n) is 19.8. The van der Waals surface area contributed by atoms with E-state index in [1.54, 1.807) is 36.4 Å². The molecular weight excluding hydrogens is 464 g/mol. The van der Waals surface area contributed by atoms with Crippen molar-refractivity contribution in [2.45, 2.75) is 19.4 Å². The number of carboxylic acid groups (broad SMARTS) is 2. The van der Waals surface area contributed by atoms with Crippen molar-refractivity contribution in [2.24, 2.45) is 41.2 Å². The number of allylic oxidation sites excluding steroid dienone is 2. The summed E-state index contributed by atoms with van der Waals surface area (Å²) in [7, 11) is 0. The van der Waals surface area contributed by atoms with Gasteiger partial charge in [0.2, 0.25) is 5.91 Å². The molecule has 36 heavy (non-hydrogen) atoms. The molecule has 1 amide bonds. The molecule has 5 rings (SSSR count). The summed E-state index contributed by atoms with van der Waals surface area (Å²) < 4.78 is 5.84. The second kappa shape index (κ2) is 9.58. The number of fused-ring (bicyclic) bond motifs is 2. The van der Waals surface area contributed by atoms with Crippen LogP contribution in [0.2, 0.25) is 0 Å². The Morgan fingerprint density at radius 3 is 1.89 bits per heavy atom. The number of anilines is 1. The van der Waals surface area contributed by atoms with Crippen molar-refractivity contribution in [1.29, 1.82) is 0 Å². The third-order valence-electron chi connectivity index (χ3n) is 7.03. The van der Waals surface area contributed by atoms with Gasteiger partial charge in [0, 0.05) is 29.0 Å². The smallest absolute Gasteiger partial charge is 0.307 e. The van der Waals surface area contributed by atoms with Crippen molar-refractivity contribution < 1.29 is 34.1 Å². The van der Waals surface area contributed by atoms with Crippen LogP contribution >= 0.6 is 0 Å². The normalized spacial score (nSPS) is 26.8. The van der Waals surface area contributed by atoms with Crippen molar-refractivity contribution >= 4 is 29.8 Å². The van der Waals surface area contributed by atoms with Gasteiger partial charge in [-0.15, -0.1) is 0 Å². The highest BCUT2D eigenvalue weighted by molar-refractivity contribution is 5.97. The van der Waals surface area contributed by atoms with E-state index >= 15 is 0 Å². The summed E-state index contributed by atoms with van der Waals surface area (Å²) in [6.45, 7) is 3.82. The number of hydrogen-bond donors (Lipinski definition) is 4. The topological polar surface area (TPSA) is 156 Å². The fourth-order valence-corrected chi connectivity index (χ4v) is 5.26. The van der Waals surface area contributed by atoms with E-state index in [9.17, 15) is 29.4 Å². The van der Waals surface area contributed by atoms with Crippen LogP contribution in [0.5, 0.6) is 11.5 Å². The van der Waals surface area contributed by atoms with E-state index in [4.69, 9.17) is 10.5 Å². The van der Waals surface area contributed by atoms with Crippen molar-refractivity contribution in [3.05, 3.63) is 66.2 Å². The van der Waals surface area contributed by atoms with Gasteiger partial charge in [-0.25, -0.2) is 0 Å². The number of benzene rings is 2. The summed E-state index contributed by atoms with van der Waals surface area (Å²) in [5.74, 6) is -8.19. The lowest BCUT2D eigenvalue weighted by Gasteiger charge is -2.48. The maximum atomic E-state index is 13.2. The van der Waals surface area contributed by atoms with Gasteiger partial charge in [-0.05, 0) is 55.8 Å². The summed E-state index contributed by atoms with van der Waals surface area (Å²) >= 11 is 0. The molecule has 2 bridgehead atoms. The average molecular weight is 493 g/mol. The molecule has 9 nitrogen and oxygen atoms in total. The second-order valence-electron chi connectivity index (χ2n) is 9.87. The zero-order chi connectivity index (χ0) is 26.2. The molecule has 2 aromatic carbocycles. The molecule has 1 fully saturated rings. The Balaban J connectivity index is 1.49. The Bertz CT molecular complexity index is 1200. The van der Waals surface area contributed by atoms with E-state index in [1.807, 2.05) is 38.1 Å². The maximum absolute atomic E-state index is 13.2. The third-order valence-corrected chi connectivity index (χ3v) is 7.03. The highest BCUT2D eigenvalue weighted by Gasteiger charge is 2.58. The van der Waals surface area contributed by atoms with Crippen molar-refractivity contribution in [3.8, 4) is 11.5 Å². The molecule has 9 heteroatoms. The molecule has 3 aliphatic carbocycles. The fourth-order valence-electron chi connectivity index (χ4n) is 5.26. The maximum Gasteiger partial charge on any atom is 0.307 e. The molecule has 0 saturated heterocycles. The molecule has 6 unspecified atom stereocenters. The number of hydrogen-bond acceptors (Lipinski definition) is 6. The van der Waals surface area contributed by atoms with Crippen molar-refractivity contribution in [2.75, 3.05) is 5.32 Å². The zero-order valence-corrected chi connectivity index (χ0v) is 19.8. The number of rotatable bonds is 8. The lowest BCUT2D eigenvalue weighted by Crippen LogP contribution is -2.56.